The second kappa shape index (κ2) is 8.94. The normalized spacial score (nSPS) is 17.3. The number of ether oxygens (including phenoxy) is 1. The number of hydrogen-bond acceptors (Lipinski definition) is 4. The fourth-order valence-corrected chi connectivity index (χ4v) is 4.14. The molecular formula is C18H21IN2O2S. The molecule has 0 spiro atoms. The number of benzene rings is 1. The van der Waals surface area contributed by atoms with Crippen LogP contribution < -0.4 is 5.32 Å². The van der Waals surface area contributed by atoms with Crippen molar-refractivity contribution in [3.8, 4) is 0 Å². The molecule has 1 atom stereocenters. The van der Waals surface area contributed by atoms with E-state index in [0.717, 1.165) is 41.8 Å². The fraction of sp³-hybridized carbons (Fsp3) is 0.389. The summed E-state index contributed by atoms with van der Waals surface area (Å²) >= 11 is 3.98. The van der Waals surface area contributed by atoms with Gasteiger partial charge in [0.1, 0.15) is 0 Å². The summed E-state index contributed by atoms with van der Waals surface area (Å²) < 4.78 is 6.86. The van der Waals surface area contributed by atoms with Crippen LogP contribution in [0.15, 0.2) is 41.8 Å². The number of rotatable bonds is 7. The van der Waals surface area contributed by atoms with E-state index < -0.39 is 0 Å². The van der Waals surface area contributed by atoms with E-state index in [1.54, 1.807) is 11.3 Å². The van der Waals surface area contributed by atoms with Crippen molar-refractivity contribution in [3.63, 3.8) is 0 Å². The summed E-state index contributed by atoms with van der Waals surface area (Å²) in [5.41, 5.74) is 0.847. The zero-order valence-corrected chi connectivity index (χ0v) is 16.4. The first-order valence-corrected chi connectivity index (χ1v) is 10.1. The number of anilines is 1. The molecule has 24 heavy (non-hydrogen) atoms. The van der Waals surface area contributed by atoms with E-state index in [0.29, 0.717) is 6.54 Å². The first kappa shape index (κ1) is 17.8. The molecule has 1 aliphatic heterocycles. The standard InChI is InChI=1S/C18H21IN2O2S/c19-14-4-1-5-15(10-14)20-18(22)13-21(11-16-6-2-8-23-16)12-17-7-3-9-24-17/h1,3-5,7,9-10,16H,2,6,8,11-13H2,(H,20,22)/t16-/m1/s1. The first-order valence-electron chi connectivity index (χ1n) is 8.11. The van der Waals surface area contributed by atoms with Crippen molar-refractivity contribution >= 4 is 45.5 Å². The lowest BCUT2D eigenvalue weighted by Crippen LogP contribution is -2.37. The smallest absolute Gasteiger partial charge is 0.238 e. The molecule has 128 valence electrons. The molecule has 4 nitrogen and oxygen atoms in total. The molecule has 1 saturated heterocycles. The van der Waals surface area contributed by atoms with E-state index >= 15 is 0 Å². The van der Waals surface area contributed by atoms with Crippen LogP contribution in [0.2, 0.25) is 0 Å². The number of thiophene rings is 1. The summed E-state index contributed by atoms with van der Waals surface area (Å²) in [5.74, 6) is 0.0200. The summed E-state index contributed by atoms with van der Waals surface area (Å²) in [4.78, 5) is 15.9. The lowest BCUT2D eigenvalue weighted by atomic mass is 10.2. The molecule has 1 N–H and O–H groups in total. The number of carbonyl (C=O) groups excluding carboxylic acids is 1. The Hall–Kier alpha value is -0.960. The molecule has 1 aromatic heterocycles. The number of hydrogen-bond donors (Lipinski definition) is 1. The zero-order chi connectivity index (χ0) is 16.8. The maximum Gasteiger partial charge on any atom is 0.238 e. The highest BCUT2D eigenvalue weighted by Crippen LogP contribution is 2.18. The van der Waals surface area contributed by atoms with Crippen LogP contribution in [0.25, 0.3) is 0 Å². The van der Waals surface area contributed by atoms with Crippen molar-refractivity contribution in [2.45, 2.75) is 25.5 Å². The van der Waals surface area contributed by atoms with Gasteiger partial charge in [0.15, 0.2) is 0 Å². The molecule has 3 rings (SSSR count). The topological polar surface area (TPSA) is 41.6 Å². The number of nitrogens with one attached hydrogen (secondary N) is 1. The van der Waals surface area contributed by atoms with Crippen LogP contribution in [-0.2, 0) is 16.1 Å². The Morgan fingerprint density at radius 2 is 2.29 bits per heavy atom. The monoisotopic (exact) mass is 456 g/mol. The third-order valence-corrected chi connectivity index (χ3v) is 5.45. The first-order chi connectivity index (χ1) is 11.7. The molecule has 0 saturated carbocycles. The van der Waals surface area contributed by atoms with E-state index in [9.17, 15) is 4.79 Å². The Morgan fingerprint density at radius 3 is 3.00 bits per heavy atom. The third-order valence-electron chi connectivity index (χ3n) is 3.92. The molecule has 0 radical (unpaired) electrons. The lowest BCUT2D eigenvalue weighted by molar-refractivity contribution is -0.117. The SMILES string of the molecule is O=C(CN(Cc1cccs1)C[C@H]1CCCO1)Nc1cccc(I)c1. The Bertz CT molecular complexity index is 657. The van der Waals surface area contributed by atoms with Crippen molar-refractivity contribution in [2.75, 3.05) is 25.0 Å². The number of amides is 1. The molecular weight excluding hydrogens is 435 g/mol. The maximum absolute atomic E-state index is 12.4. The van der Waals surface area contributed by atoms with Gasteiger partial charge < -0.3 is 10.1 Å². The summed E-state index contributed by atoms with van der Waals surface area (Å²) in [6, 6.07) is 12.0. The van der Waals surface area contributed by atoms with Gasteiger partial charge in [-0.25, -0.2) is 0 Å². The molecule has 1 aromatic carbocycles. The van der Waals surface area contributed by atoms with Crippen LogP contribution in [-0.4, -0.2) is 36.6 Å². The van der Waals surface area contributed by atoms with E-state index in [1.165, 1.54) is 4.88 Å². The summed E-state index contributed by atoms with van der Waals surface area (Å²) in [6.07, 6.45) is 2.45. The Balaban J connectivity index is 1.60. The summed E-state index contributed by atoms with van der Waals surface area (Å²) in [5, 5.41) is 5.07. The van der Waals surface area contributed by atoms with Crippen molar-refractivity contribution in [2.24, 2.45) is 0 Å². The van der Waals surface area contributed by atoms with Crippen LogP contribution in [0.1, 0.15) is 17.7 Å². The van der Waals surface area contributed by atoms with E-state index in [4.69, 9.17) is 4.74 Å². The predicted molar refractivity (Wildman–Crippen MR) is 106 cm³/mol. The largest absolute Gasteiger partial charge is 0.377 e. The molecule has 2 heterocycles. The second-order valence-corrected chi connectivity index (χ2v) is 8.22. The van der Waals surface area contributed by atoms with Gasteiger partial charge in [0, 0.05) is 33.8 Å². The number of carbonyl (C=O) groups is 1. The van der Waals surface area contributed by atoms with Gasteiger partial charge in [-0.3, -0.25) is 9.69 Å². The van der Waals surface area contributed by atoms with Gasteiger partial charge in [0.05, 0.1) is 12.6 Å². The van der Waals surface area contributed by atoms with Crippen molar-refractivity contribution in [1.29, 1.82) is 0 Å². The van der Waals surface area contributed by atoms with Crippen LogP contribution >= 0.6 is 33.9 Å². The third kappa shape index (κ3) is 5.54. The van der Waals surface area contributed by atoms with Gasteiger partial charge in [-0.1, -0.05) is 12.1 Å². The Kier molecular flexibility index (Phi) is 6.65. The van der Waals surface area contributed by atoms with Crippen molar-refractivity contribution in [3.05, 3.63) is 50.2 Å². The Labute approximate surface area is 160 Å². The number of halogens is 1. The highest BCUT2D eigenvalue weighted by atomic mass is 127. The average molecular weight is 456 g/mol. The zero-order valence-electron chi connectivity index (χ0n) is 13.4. The summed E-state index contributed by atoms with van der Waals surface area (Å²) in [7, 11) is 0. The quantitative estimate of drug-likeness (QED) is 0.642. The number of nitrogens with zero attached hydrogens (tertiary/aromatic N) is 1. The minimum atomic E-state index is 0.0200. The molecule has 0 bridgehead atoms. The van der Waals surface area contributed by atoms with Crippen molar-refractivity contribution in [1.82, 2.24) is 4.90 Å². The molecule has 2 aromatic rings. The fourth-order valence-electron chi connectivity index (χ4n) is 2.85. The van der Waals surface area contributed by atoms with Gasteiger partial charge in [-0.2, -0.15) is 0 Å². The lowest BCUT2D eigenvalue weighted by Gasteiger charge is -2.24. The van der Waals surface area contributed by atoms with Gasteiger partial charge >= 0.3 is 0 Å². The van der Waals surface area contributed by atoms with Gasteiger partial charge in [0.25, 0.3) is 0 Å². The van der Waals surface area contributed by atoms with Gasteiger partial charge in [0.2, 0.25) is 5.91 Å². The average Bonchev–Trinajstić information content (AvgIpc) is 3.21. The molecule has 1 aliphatic rings. The Morgan fingerprint density at radius 1 is 1.38 bits per heavy atom. The van der Waals surface area contributed by atoms with E-state index in [1.807, 2.05) is 24.3 Å². The second-order valence-electron chi connectivity index (χ2n) is 5.94. The molecule has 6 heteroatoms. The minimum absolute atomic E-state index is 0.0200. The van der Waals surface area contributed by atoms with E-state index in [-0.39, 0.29) is 12.0 Å². The predicted octanol–water partition coefficient (Wildman–Crippen LogP) is 3.97. The highest BCUT2D eigenvalue weighted by molar-refractivity contribution is 14.1. The molecule has 0 unspecified atom stereocenters. The summed E-state index contributed by atoms with van der Waals surface area (Å²) in [6.45, 7) is 2.81. The minimum Gasteiger partial charge on any atom is -0.377 e. The molecule has 1 fully saturated rings. The molecule has 0 aliphatic carbocycles. The van der Waals surface area contributed by atoms with Crippen LogP contribution in [0.4, 0.5) is 5.69 Å². The van der Waals surface area contributed by atoms with Crippen LogP contribution in [0.5, 0.6) is 0 Å². The van der Waals surface area contributed by atoms with E-state index in [2.05, 4.69) is 50.3 Å². The van der Waals surface area contributed by atoms with Gasteiger partial charge in [-0.05, 0) is 65.1 Å². The van der Waals surface area contributed by atoms with Crippen LogP contribution in [0, 0.1) is 3.57 Å². The maximum atomic E-state index is 12.4. The van der Waals surface area contributed by atoms with Crippen LogP contribution in [0.3, 0.4) is 0 Å². The highest BCUT2D eigenvalue weighted by Gasteiger charge is 2.21. The van der Waals surface area contributed by atoms with Crippen molar-refractivity contribution < 1.29 is 9.53 Å². The van der Waals surface area contributed by atoms with Gasteiger partial charge in [-0.15, -0.1) is 11.3 Å². The molecule has 1 amide bonds.